The van der Waals surface area contributed by atoms with Crippen LogP contribution in [0.5, 0.6) is 0 Å². The Morgan fingerprint density at radius 3 is 2.72 bits per heavy atom. The predicted octanol–water partition coefficient (Wildman–Crippen LogP) is 3.10. The zero-order valence-electron chi connectivity index (χ0n) is 10.1. The molecule has 0 atom stereocenters. The number of nitrogens with two attached hydrogens (primary N) is 1. The fourth-order valence-corrected chi connectivity index (χ4v) is 1.83. The first-order valence-electron chi connectivity index (χ1n) is 5.37. The van der Waals surface area contributed by atoms with E-state index in [4.69, 9.17) is 21.8 Å². The first-order valence-corrected chi connectivity index (χ1v) is 5.75. The smallest absolute Gasteiger partial charge is 0.261 e. The summed E-state index contributed by atoms with van der Waals surface area (Å²) in [6, 6.07) is 6.68. The molecule has 0 aliphatic heterocycles. The van der Waals surface area contributed by atoms with Crippen molar-refractivity contribution in [2.75, 3.05) is 17.7 Å². The van der Waals surface area contributed by atoms with Crippen molar-refractivity contribution in [3.05, 3.63) is 46.9 Å². The van der Waals surface area contributed by atoms with E-state index in [-0.39, 0.29) is 5.91 Å². The third kappa shape index (κ3) is 2.33. The van der Waals surface area contributed by atoms with Gasteiger partial charge in [0.05, 0.1) is 16.9 Å². The zero-order valence-corrected chi connectivity index (χ0v) is 10.9. The van der Waals surface area contributed by atoms with Gasteiger partial charge in [0, 0.05) is 12.1 Å². The predicted molar refractivity (Wildman–Crippen MR) is 72.0 cm³/mol. The molecule has 0 aliphatic carbocycles. The van der Waals surface area contributed by atoms with Crippen LogP contribution in [0.15, 0.2) is 34.9 Å². The first-order chi connectivity index (χ1) is 8.49. The minimum atomic E-state index is -0.194. The molecule has 1 amide bonds. The lowest BCUT2D eigenvalue weighted by atomic mass is 10.2. The fourth-order valence-electron chi connectivity index (χ4n) is 1.67. The Bertz CT molecular complexity index is 592. The molecule has 2 N–H and O–H groups in total. The quantitative estimate of drug-likeness (QED) is 0.848. The minimum absolute atomic E-state index is 0.194. The minimum Gasteiger partial charge on any atom is -0.469 e. The molecule has 0 bridgehead atoms. The van der Waals surface area contributed by atoms with Gasteiger partial charge in [-0.15, -0.1) is 0 Å². The number of furan rings is 1. The third-order valence-corrected chi connectivity index (χ3v) is 2.87. The molecule has 0 spiro atoms. The van der Waals surface area contributed by atoms with Gasteiger partial charge in [0.15, 0.2) is 0 Å². The van der Waals surface area contributed by atoms with E-state index in [0.29, 0.717) is 27.7 Å². The van der Waals surface area contributed by atoms with Gasteiger partial charge in [-0.3, -0.25) is 4.79 Å². The van der Waals surface area contributed by atoms with Crippen LogP contribution in [0.4, 0.5) is 11.4 Å². The number of nitrogens with zero attached hydrogens (tertiary/aromatic N) is 1. The average Bonchev–Trinajstić information content (AvgIpc) is 2.77. The summed E-state index contributed by atoms with van der Waals surface area (Å²) in [4.78, 5) is 13.6. The van der Waals surface area contributed by atoms with E-state index in [1.807, 2.05) is 0 Å². The highest BCUT2D eigenvalue weighted by Crippen LogP contribution is 2.27. The molecule has 1 aromatic heterocycles. The van der Waals surface area contributed by atoms with E-state index in [1.165, 1.54) is 11.2 Å². The molecule has 0 saturated heterocycles. The van der Waals surface area contributed by atoms with Crippen LogP contribution in [0.3, 0.4) is 0 Å². The van der Waals surface area contributed by atoms with Crippen LogP contribution in [0.2, 0.25) is 5.02 Å². The lowest BCUT2D eigenvalue weighted by Crippen LogP contribution is -2.26. The second-order valence-electron chi connectivity index (χ2n) is 4.01. The second kappa shape index (κ2) is 4.74. The number of anilines is 2. The van der Waals surface area contributed by atoms with Gasteiger partial charge < -0.3 is 15.1 Å². The zero-order chi connectivity index (χ0) is 13.3. The SMILES string of the molecule is Cc1cc(C(=O)N(C)c2cc(Cl)ccc2N)co1. The van der Waals surface area contributed by atoms with Crippen LogP contribution >= 0.6 is 11.6 Å². The summed E-state index contributed by atoms with van der Waals surface area (Å²) in [6.45, 7) is 1.78. The molecule has 1 heterocycles. The van der Waals surface area contributed by atoms with Crippen molar-refractivity contribution < 1.29 is 9.21 Å². The van der Waals surface area contributed by atoms with Gasteiger partial charge in [-0.25, -0.2) is 0 Å². The van der Waals surface area contributed by atoms with Crippen LogP contribution in [0, 0.1) is 6.92 Å². The summed E-state index contributed by atoms with van der Waals surface area (Å²) in [5, 5.41) is 0.530. The maximum absolute atomic E-state index is 12.2. The number of aryl methyl sites for hydroxylation is 1. The lowest BCUT2D eigenvalue weighted by molar-refractivity contribution is 0.0992. The Balaban J connectivity index is 2.33. The summed E-state index contributed by atoms with van der Waals surface area (Å²) in [7, 11) is 1.65. The number of hydrogen-bond donors (Lipinski definition) is 1. The topological polar surface area (TPSA) is 59.5 Å². The van der Waals surface area contributed by atoms with Gasteiger partial charge in [-0.1, -0.05) is 11.6 Å². The third-order valence-electron chi connectivity index (χ3n) is 2.64. The molecule has 2 aromatic rings. The number of halogens is 1. The molecule has 4 nitrogen and oxygen atoms in total. The van der Waals surface area contributed by atoms with Gasteiger partial charge in [-0.2, -0.15) is 0 Å². The summed E-state index contributed by atoms with van der Waals surface area (Å²) < 4.78 is 5.12. The van der Waals surface area contributed by atoms with E-state index in [2.05, 4.69) is 0 Å². The number of rotatable bonds is 2. The molecule has 18 heavy (non-hydrogen) atoms. The lowest BCUT2D eigenvalue weighted by Gasteiger charge is -2.18. The normalized spacial score (nSPS) is 10.4. The van der Waals surface area contributed by atoms with Crippen molar-refractivity contribution in [1.82, 2.24) is 0 Å². The highest BCUT2D eigenvalue weighted by atomic mass is 35.5. The van der Waals surface area contributed by atoms with E-state index in [9.17, 15) is 4.79 Å². The van der Waals surface area contributed by atoms with Crippen molar-refractivity contribution in [1.29, 1.82) is 0 Å². The molecule has 94 valence electrons. The molecular weight excluding hydrogens is 252 g/mol. The van der Waals surface area contributed by atoms with Crippen LogP contribution in [-0.4, -0.2) is 13.0 Å². The van der Waals surface area contributed by atoms with E-state index in [0.717, 1.165) is 0 Å². The van der Waals surface area contributed by atoms with E-state index < -0.39 is 0 Å². The number of nitrogen functional groups attached to an aromatic ring is 1. The van der Waals surface area contributed by atoms with Crippen LogP contribution in [0.1, 0.15) is 16.1 Å². The maximum Gasteiger partial charge on any atom is 0.261 e. The summed E-state index contributed by atoms with van der Waals surface area (Å²) in [5.41, 5.74) is 7.39. The number of carbonyl (C=O) groups excluding carboxylic acids is 1. The highest BCUT2D eigenvalue weighted by molar-refractivity contribution is 6.31. The van der Waals surface area contributed by atoms with Gasteiger partial charge in [0.25, 0.3) is 5.91 Å². The summed E-state index contributed by atoms with van der Waals surface area (Å²) >= 11 is 5.90. The second-order valence-corrected chi connectivity index (χ2v) is 4.45. The highest BCUT2D eigenvalue weighted by Gasteiger charge is 2.17. The molecule has 0 fully saturated rings. The standard InChI is InChI=1S/C13H13ClN2O2/c1-8-5-9(7-18-8)13(17)16(2)12-6-10(14)3-4-11(12)15/h3-7H,15H2,1-2H3. The summed E-state index contributed by atoms with van der Waals surface area (Å²) in [6.07, 6.45) is 1.43. The Kier molecular flexibility index (Phi) is 3.30. The van der Waals surface area contributed by atoms with E-state index >= 15 is 0 Å². The first kappa shape index (κ1) is 12.5. The largest absolute Gasteiger partial charge is 0.469 e. The van der Waals surface area contributed by atoms with Crippen LogP contribution in [0.25, 0.3) is 0 Å². The van der Waals surface area contributed by atoms with E-state index in [1.54, 1.807) is 38.2 Å². The van der Waals surface area contributed by atoms with Crippen molar-refractivity contribution in [2.24, 2.45) is 0 Å². The Morgan fingerprint density at radius 2 is 2.11 bits per heavy atom. The van der Waals surface area contributed by atoms with Crippen LogP contribution < -0.4 is 10.6 Å². The molecule has 0 unspecified atom stereocenters. The average molecular weight is 265 g/mol. The Hall–Kier alpha value is -1.94. The number of benzene rings is 1. The Morgan fingerprint density at radius 1 is 1.39 bits per heavy atom. The number of carbonyl (C=O) groups is 1. The van der Waals surface area contributed by atoms with Crippen molar-refractivity contribution >= 4 is 28.9 Å². The maximum atomic E-state index is 12.2. The van der Waals surface area contributed by atoms with Gasteiger partial charge in [-0.05, 0) is 31.2 Å². The molecule has 0 aliphatic rings. The van der Waals surface area contributed by atoms with Gasteiger partial charge in [0.1, 0.15) is 12.0 Å². The molecule has 5 heteroatoms. The summed E-state index contributed by atoms with van der Waals surface area (Å²) in [5.74, 6) is 0.492. The molecule has 0 radical (unpaired) electrons. The van der Waals surface area contributed by atoms with Crippen molar-refractivity contribution in [3.63, 3.8) is 0 Å². The monoisotopic (exact) mass is 264 g/mol. The number of amides is 1. The van der Waals surface area contributed by atoms with Gasteiger partial charge in [0.2, 0.25) is 0 Å². The fraction of sp³-hybridized carbons (Fsp3) is 0.154. The number of hydrogen-bond acceptors (Lipinski definition) is 3. The molecule has 0 saturated carbocycles. The molecule has 1 aromatic carbocycles. The van der Waals surface area contributed by atoms with Crippen molar-refractivity contribution in [2.45, 2.75) is 6.92 Å². The van der Waals surface area contributed by atoms with Gasteiger partial charge >= 0.3 is 0 Å². The Labute approximate surface area is 110 Å². The molecular formula is C13H13ClN2O2. The molecule has 2 rings (SSSR count). The van der Waals surface area contributed by atoms with Crippen LogP contribution in [-0.2, 0) is 0 Å². The van der Waals surface area contributed by atoms with Crippen molar-refractivity contribution in [3.8, 4) is 0 Å².